The first-order valence-electron chi connectivity index (χ1n) is 6.37. The van der Waals surface area contributed by atoms with Crippen LogP contribution in [0.4, 0.5) is 5.69 Å². The van der Waals surface area contributed by atoms with E-state index in [2.05, 4.69) is 27.3 Å². The van der Waals surface area contributed by atoms with Crippen LogP contribution in [0.5, 0.6) is 0 Å². The lowest BCUT2D eigenvalue weighted by molar-refractivity contribution is -0.138. The minimum absolute atomic E-state index is 0.135. The number of nitrogens with zero attached hydrogens (tertiary/aromatic N) is 2. The van der Waals surface area contributed by atoms with Crippen LogP contribution in [0.1, 0.15) is 25.3 Å². The summed E-state index contributed by atoms with van der Waals surface area (Å²) in [6.45, 7) is 2.36. The molecular weight excluding hydrogens is 322 g/mol. The van der Waals surface area contributed by atoms with E-state index >= 15 is 0 Å². The molecule has 1 saturated heterocycles. The molecule has 0 spiro atoms. The second kappa shape index (κ2) is 6.06. The van der Waals surface area contributed by atoms with Crippen LogP contribution in [0.15, 0.2) is 22.7 Å². The molecule has 20 heavy (non-hydrogen) atoms. The molecule has 0 bridgehead atoms. The Labute approximate surface area is 125 Å². The van der Waals surface area contributed by atoms with E-state index in [0.717, 1.165) is 10.9 Å². The van der Waals surface area contributed by atoms with Gasteiger partial charge < -0.3 is 5.32 Å². The molecule has 2 amide bonds. The SMILES string of the molecule is CCCN1C(=O)CC(Nc2cc(Br)ccc2C#N)C1=O. The largest absolute Gasteiger partial charge is 0.372 e. The lowest BCUT2D eigenvalue weighted by Crippen LogP contribution is -2.35. The van der Waals surface area contributed by atoms with Crippen molar-refractivity contribution in [2.24, 2.45) is 0 Å². The van der Waals surface area contributed by atoms with Crippen LogP contribution in [0, 0.1) is 11.3 Å². The second-order valence-electron chi connectivity index (χ2n) is 4.59. The summed E-state index contributed by atoms with van der Waals surface area (Å²) in [5, 5.41) is 12.1. The molecule has 2 rings (SSSR count). The minimum atomic E-state index is -0.588. The van der Waals surface area contributed by atoms with Gasteiger partial charge in [-0.2, -0.15) is 5.26 Å². The Morgan fingerprint density at radius 1 is 1.50 bits per heavy atom. The van der Waals surface area contributed by atoms with Gasteiger partial charge in [-0.3, -0.25) is 14.5 Å². The maximum Gasteiger partial charge on any atom is 0.252 e. The fraction of sp³-hybridized carbons (Fsp3) is 0.357. The number of carbonyl (C=O) groups excluding carboxylic acids is 2. The summed E-state index contributed by atoms with van der Waals surface area (Å²) in [6, 6.07) is 6.64. The first-order valence-corrected chi connectivity index (χ1v) is 7.16. The Kier molecular flexibility index (Phi) is 4.40. The number of rotatable bonds is 4. The van der Waals surface area contributed by atoms with Crippen molar-refractivity contribution in [1.29, 1.82) is 5.26 Å². The quantitative estimate of drug-likeness (QED) is 0.856. The normalized spacial score (nSPS) is 18.2. The van der Waals surface area contributed by atoms with Gasteiger partial charge in [-0.05, 0) is 24.6 Å². The lowest BCUT2D eigenvalue weighted by Gasteiger charge is -2.16. The average Bonchev–Trinajstić information content (AvgIpc) is 2.67. The average molecular weight is 336 g/mol. The monoisotopic (exact) mass is 335 g/mol. The Morgan fingerprint density at radius 3 is 2.90 bits per heavy atom. The maximum atomic E-state index is 12.1. The summed E-state index contributed by atoms with van der Waals surface area (Å²) >= 11 is 3.33. The van der Waals surface area contributed by atoms with Crippen LogP contribution >= 0.6 is 15.9 Å². The summed E-state index contributed by atoms with van der Waals surface area (Å²) in [5.41, 5.74) is 1.01. The van der Waals surface area contributed by atoms with Crippen molar-refractivity contribution in [2.45, 2.75) is 25.8 Å². The fourth-order valence-electron chi connectivity index (χ4n) is 2.18. The number of halogens is 1. The van der Waals surface area contributed by atoms with Crippen molar-refractivity contribution in [3.63, 3.8) is 0 Å². The number of anilines is 1. The zero-order valence-corrected chi connectivity index (χ0v) is 12.6. The lowest BCUT2D eigenvalue weighted by atomic mass is 10.1. The van der Waals surface area contributed by atoms with Gasteiger partial charge in [-0.25, -0.2) is 0 Å². The van der Waals surface area contributed by atoms with Crippen LogP contribution in [0.2, 0.25) is 0 Å². The molecular formula is C14H14BrN3O2. The molecule has 6 heteroatoms. The Balaban J connectivity index is 2.20. The highest BCUT2D eigenvalue weighted by molar-refractivity contribution is 9.10. The van der Waals surface area contributed by atoms with E-state index in [1.54, 1.807) is 18.2 Å². The molecule has 1 N–H and O–H groups in total. The van der Waals surface area contributed by atoms with E-state index in [1.807, 2.05) is 6.92 Å². The van der Waals surface area contributed by atoms with Crippen molar-refractivity contribution in [2.75, 3.05) is 11.9 Å². The summed E-state index contributed by atoms with van der Waals surface area (Å²) in [4.78, 5) is 25.2. The predicted molar refractivity (Wildman–Crippen MR) is 77.9 cm³/mol. The number of carbonyl (C=O) groups is 2. The number of hydrogen-bond acceptors (Lipinski definition) is 4. The van der Waals surface area contributed by atoms with E-state index < -0.39 is 6.04 Å². The van der Waals surface area contributed by atoms with Crippen LogP contribution in [0.3, 0.4) is 0 Å². The highest BCUT2D eigenvalue weighted by Crippen LogP contribution is 2.24. The molecule has 1 aliphatic heterocycles. The summed E-state index contributed by atoms with van der Waals surface area (Å²) in [7, 11) is 0. The fourth-order valence-corrected chi connectivity index (χ4v) is 2.54. The Bertz CT molecular complexity index is 595. The standard InChI is InChI=1S/C14H14BrN3O2/c1-2-5-18-13(19)7-12(14(18)20)17-11-6-10(15)4-3-9(11)8-16/h3-4,6,12,17H,2,5,7H2,1H3. The third-order valence-electron chi connectivity index (χ3n) is 3.12. The van der Waals surface area contributed by atoms with E-state index in [4.69, 9.17) is 5.26 Å². The highest BCUT2D eigenvalue weighted by Gasteiger charge is 2.38. The van der Waals surface area contributed by atoms with Gasteiger partial charge in [0.1, 0.15) is 12.1 Å². The van der Waals surface area contributed by atoms with E-state index in [-0.39, 0.29) is 18.2 Å². The van der Waals surface area contributed by atoms with Gasteiger partial charge in [0.05, 0.1) is 17.7 Å². The maximum absolute atomic E-state index is 12.1. The third kappa shape index (κ3) is 2.83. The van der Waals surface area contributed by atoms with Gasteiger partial charge in [0, 0.05) is 11.0 Å². The molecule has 0 saturated carbocycles. The summed E-state index contributed by atoms with van der Waals surface area (Å²) in [5.74, 6) is -0.386. The Hall–Kier alpha value is -1.87. The van der Waals surface area contributed by atoms with Crippen LogP contribution < -0.4 is 5.32 Å². The van der Waals surface area contributed by atoms with Crippen molar-refractivity contribution < 1.29 is 9.59 Å². The second-order valence-corrected chi connectivity index (χ2v) is 5.50. The zero-order valence-electron chi connectivity index (χ0n) is 11.0. The molecule has 1 aromatic carbocycles. The van der Waals surface area contributed by atoms with Crippen LogP contribution in [0.25, 0.3) is 0 Å². The van der Waals surface area contributed by atoms with Crippen LogP contribution in [-0.2, 0) is 9.59 Å². The number of imide groups is 1. The molecule has 1 heterocycles. The third-order valence-corrected chi connectivity index (χ3v) is 3.62. The van der Waals surface area contributed by atoms with E-state index in [0.29, 0.717) is 17.8 Å². The van der Waals surface area contributed by atoms with Gasteiger partial charge >= 0.3 is 0 Å². The van der Waals surface area contributed by atoms with E-state index in [9.17, 15) is 9.59 Å². The first-order chi connectivity index (χ1) is 9.56. The molecule has 1 unspecified atom stereocenters. The summed E-state index contributed by atoms with van der Waals surface area (Å²) in [6.07, 6.45) is 0.876. The van der Waals surface area contributed by atoms with Crippen LogP contribution in [-0.4, -0.2) is 29.3 Å². The highest BCUT2D eigenvalue weighted by atomic mass is 79.9. The minimum Gasteiger partial charge on any atom is -0.372 e. The Morgan fingerprint density at radius 2 is 2.25 bits per heavy atom. The van der Waals surface area contributed by atoms with Gasteiger partial charge in [0.25, 0.3) is 5.91 Å². The number of amides is 2. The van der Waals surface area contributed by atoms with Gasteiger partial charge in [-0.15, -0.1) is 0 Å². The van der Waals surface area contributed by atoms with Gasteiger partial charge in [0.15, 0.2) is 0 Å². The number of nitriles is 1. The van der Waals surface area contributed by atoms with Crippen molar-refractivity contribution >= 4 is 33.4 Å². The van der Waals surface area contributed by atoms with Crippen molar-refractivity contribution in [3.05, 3.63) is 28.2 Å². The summed E-state index contributed by atoms with van der Waals surface area (Å²) < 4.78 is 0.807. The topological polar surface area (TPSA) is 73.2 Å². The molecule has 5 nitrogen and oxygen atoms in total. The molecule has 1 aliphatic rings. The number of likely N-dealkylation sites (tertiary alicyclic amines) is 1. The van der Waals surface area contributed by atoms with E-state index in [1.165, 1.54) is 4.90 Å². The molecule has 0 aromatic heterocycles. The molecule has 0 aliphatic carbocycles. The number of hydrogen-bond donors (Lipinski definition) is 1. The number of nitrogens with one attached hydrogen (secondary N) is 1. The van der Waals surface area contributed by atoms with Gasteiger partial charge in [0.2, 0.25) is 5.91 Å². The first kappa shape index (κ1) is 14.5. The molecule has 1 aromatic rings. The number of benzene rings is 1. The van der Waals surface area contributed by atoms with Crippen molar-refractivity contribution in [3.8, 4) is 6.07 Å². The molecule has 1 atom stereocenters. The zero-order chi connectivity index (χ0) is 14.7. The van der Waals surface area contributed by atoms with Crippen molar-refractivity contribution in [1.82, 2.24) is 4.90 Å². The molecule has 1 fully saturated rings. The molecule has 0 radical (unpaired) electrons. The smallest absolute Gasteiger partial charge is 0.252 e. The molecule has 104 valence electrons. The predicted octanol–water partition coefficient (Wildman–Crippen LogP) is 2.27. The van der Waals surface area contributed by atoms with Gasteiger partial charge in [-0.1, -0.05) is 22.9 Å².